The summed E-state index contributed by atoms with van der Waals surface area (Å²) in [5, 5.41) is 3.60. The zero-order chi connectivity index (χ0) is 11.7. The van der Waals surface area contributed by atoms with Crippen LogP contribution in [0.3, 0.4) is 0 Å². The molecule has 2 nitrogen and oxygen atoms in total. The molecular formula is C14H14INO. The van der Waals surface area contributed by atoms with Gasteiger partial charge in [-0.15, -0.1) is 0 Å². The summed E-state index contributed by atoms with van der Waals surface area (Å²) in [5.74, 6) is 1.15. The molecule has 0 saturated carbocycles. The van der Waals surface area contributed by atoms with Gasteiger partial charge < -0.3 is 9.73 Å². The largest absolute Gasteiger partial charge is 0.469 e. The molecule has 1 unspecified atom stereocenters. The van der Waals surface area contributed by atoms with Crippen LogP contribution in [0.2, 0.25) is 0 Å². The number of anilines is 1. The predicted octanol–water partition coefficient (Wildman–Crippen LogP) is 4.37. The average molecular weight is 339 g/mol. The molecular weight excluding hydrogens is 325 g/mol. The Hall–Kier alpha value is -0.970. The molecule has 0 amide bonds. The molecule has 1 aliphatic rings. The lowest BCUT2D eigenvalue weighted by Crippen LogP contribution is -2.15. The van der Waals surface area contributed by atoms with Crippen molar-refractivity contribution in [3.63, 3.8) is 0 Å². The van der Waals surface area contributed by atoms with Crippen molar-refractivity contribution >= 4 is 28.3 Å². The Bertz CT molecular complexity index is 520. The van der Waals surface area contributed by atoms with Gasteiger partial charge in [-0.2, -0.15) is 0 Å². The molecule has 3 heteroatoms. The van der Waals surface area contributed by atoms with Gasteiger partial charge in [-0.3, -0.25) is 0 Å². The number of hydrogen-bond acceptors (Lipinski definition) is 2. The van der Waals surface area contributed by atoms with Crippen LogP contribution in [0.15, 0.2) is 41.0 Å². The molecule has 1 aromatic heterocycles. The van der Waals surface area contributed by atoms with Crippen molar-refractivity contribution < 1.29 is 4.42 Å². The highest BCUT2D eigenvalue weighted by Crippen LogP contribution is 2.33. The van der Waals surface area contributed by atoms with Crippen molar-refractivity contribution in [3.8, 4) is 0 Å². The molecule has 1 atom stereocenters. The first-order valence-corrected chi connectivity index (χ1v) is 6.99. The standard InChI is InChI=1S/C14H14INO/c15-10-3-1-4-11(9-10)16-13-5-2-6-14-12(13)7-8-17-14/h1,3-4,7-9,13,16H,2,5-6H2. The summed E-state index contributed by atoms with van der Waals surface area (Å²) >= 11 is 2.34. The maximum Gasteiger partial charge on any atom is 0.109 e. The fourth-order valence-corrected chi connectivity index (χ4v) is 2.96. The number of halogens is 1. The Morgan fingerprint density at radius 3 is 3.12 bits per heavy atom. The van der Waals surface area contributed by atoms with Gasteiger partial charge in [-0.05, 0) is 59.7 Å². The first-order chi connectivity index (χ1) is 8.33. The second-order valence-electron chi connectivity index (χ2n) is 4.40. The van der Waals surface area contributed by atoms with Gasteiger partial charge in [-0.25, -0.2) is 0 Å². The molecule has 88 valence electrons. The van der Waals surface area contributed by atoms with E-state index in [4.69, 9.17) is 4.42 Å². The minimum absolute atomic E-state index is 0.399. The van der Waals surface area contributed by atoms with Crippen LogP contribution in [0.4, 0.5) is 5.69 Å². The van der Waals surface area contributed by atoms with E-state index in [0.29, 0.717) is 6.04 Å². The first-order valence-electron chi connectivity index (χ1n) is 5.91. The van der Waals surface area contributed by atoms with Crippen molar-refractivity contribution in [2.45, 2.75) is 25.3 Å². The summed E-state index contributed by atoms with van der Waals surface area (Å²) in [6.07, 6.45) is 5.26. The Balaban J connectivity index is 1.84. The number of fused-ring (bicyclic) bond motifs is 1. The summed E-state index contributed by atoms with van der Waals surface area (Å²) in [7, 11) is 0. The van der Waals surface area contributed by atoms with Crippen LogP contribution in [0.1, 0.15) is 30.2 Å². The van der Waals surface area contributed by atoms with Crippen LogP contribution in [0.5, 0.6) is 0 Å². The summed E-state index contributed by atoms with van der Waals surface area (Å²) < 4.78 is 6.77. The molecule has 0 radical (unpaired) electrons. The molecule has 1 N–H and O–H groups in total. The van der Waals surface area contributed by atoms with E-state index in [2.05, 4.69) is 58.2 Å². The van der Waals surface area contributed by atoms with Crippen molar-refractivity contribution in [1.29, 1.82) is 0 Å². The van der Waals surface area contributed by atoms with Crippen molar-refractivity contribution in [2.75, 3.05) is 5.32 Å². The monoisotopic (exact) mass is 339 g/mol. The van der Waals surface area contributed by atoms with E-state index >= 15 is 0 Å². The number of rotatable bonds is 2. The maximum atomic E-state index is 5.51. The average Bonchev–Trinajstić information content (AvgIpc) is 2.78. The summed E-state index contributed by atoms with van der Waals surface area (Å²) in [4.78, 5) is 0. The normalized spacial score (nSPS) is 18.8. The van der Waals surface area contributed by atoms with Gasteiger partial charge in [0.25, 0.3) is 0 Å². The summed E-state index contributed by atoms with van der Waals surface area (Å²) in [6.45, 7) is 0. The van der Waals surface area contributed by atoms with Crippen molar-refractivity contribution in [2.24, 2.45) is 0 Å². The summed E-state index contributed by atoms with van der Waals surface area (Å²) in [5.41, 5.74) is 2.52. The third kappa shape index (κ3) is 2.34. The van der Waals surface area contributed by atoms with Gasteiger partial charge in [0.1, 0.15) is 5.76 Å². The Labute approximate surface area is 115 Å². The molecule has 0 spiro atoms. The first kappa shape index (κ1) is 11.1. The highest BCUT2D eigenvalue weighted by molar-refractivity contribution is 14.1. The number of benzene rings is 1. The lowest BCUT2D eigenvalue weighted by molar-refractivity contribution is 0.461. The highest BCUT2D eigenvalue weighted by Gasteiger charge is 2.22. The molecule has 17 heavy (non-hydrogen) atoms. The van der Waals surface area contributed by atoms with Crippen molar-refractivity contribution in [1.82, 2.24) is 0 Å². The minimum atomic E-state index is 0.399. The Morgan fingerprint density at radius 2 is 2.24 bits per heavy atom. The lowest BCUT2D eigenvalue weighted by Gasteiger charge is -2.23. The number of hydrogen-bond donors (Lipinski definition) is 1. The minimum Gasteiger partial charge on any atom is -0.469 e. The predicted molar refractivity (Wildman–Crippen MR) is 77.2 cm³/mol. The number of furan rings is 1. The van der Waals surface area contributed by atoms with E-state index in [1.54, 1.807) is 6.26 Å². The Morgan fingerprint density at radius 1 is 1.29 bits per heavy atom. The zero-order valence-electron chi connectivity index (χ0n) is 9.45. The number of nitrogens with one attached hydrogen (secondary N) is 1. The van der Waals surface area contributed by atoms with Crippen LogP contribution in [-0.2, 0) is 6.42 Å². The SMILES string of the molecule is Ic1cccc(NC2CCCc3occc32)c1. The van der Waals surface area contributed by atoms with E-state index in [1.165, 1.54) is 27.7 Å². The fourth-order valence-electron chi connectivity index (χ4n) is 2.42. The molecule has 0 fully saturated rings. The van der Waals surface area contributed by atoms with E-state index in [9.17, 15) is 0 Å². The Kier molecular flexibility index (Phi) is 3.09. The molecule has 1 aromatic carbocycles. The summed E-state index contributed by atoms with van der Waals surface area (Å²) in [6, 6.07) is 11.0. The van der Waals surface area contributed by atoms with Gasteiger partial charge in [0, 0.05) is 21.2 Å². The van der Waals surface area contributed by atoms with Gasteiger partial charge in [0.2, 0.25) is 0 Å². The van der Waals surface area contributed by atoms with Crippen LogP contribution in [0.25, 0.3) is 0 Å². The zero-order valence-corrected chi connectivity index (χ0v) is 11.6. The van der Waals surface area contributed by atoms with Crippen LogP contribution < -0.4 is 5.32 Å². The molecule has 0 aliphatic heterocycles. The lowest BCUT2D eigenvalue weighted by atomic mass is 9.93. The second-order valence-corrected chi connectivity index (χ2v) is 5.64. The van der Waals surface area contributed by atoms with Gasteiger partial charge in [0.05, 0.1) is 12.3 Å². The van der Waals surface area contributed by atoms with E-state index in [1.807, 2.05) is 0 Å². The van der Waals surface area contributed by atoms with E-state index in [-0.39, 0.29) is 0 Å². The smallest absolute Gasteiger partial charge is 0.109 e. The van der Waals surface area contributed by atoms with Crippen LogP contribution in [0, 0.1) is 3.57 Å². The highest BCUT2D eigenvalue weighted by atomic mass is 127. The number of aryl methyl sites for hydroxylation is 1. The quantitative estimate of drug-likeness (QED) is 0.822. The molecule has 2 aromatic rings. The van der Waals surface area contributed by atoms with Crippen LogP contribution in [-0.4, -0.2) is 0 Å². The van der Waals surface area contributed by atoms with Crippen molar-refractivity contribution in [3.05, 3.63) is 51.5 Å². The molecule has 1 aliphatic carbocycles. The van der Waals surface area contributed by atoms with Gasteiger partial charge in [-0.1, -0.05) is 6.07 Å². The third-order valence-corrected chi connectivity index (χ3v) is 3.89. The maximum absolute atomic E-state index is 5.51. The van der Waals surface area contributed by atoms with Crippen LogP contribution >= 0.6 is 22.6 Å². The molecule has 0 bridgehead atoms. The second kappa shape index (κ2) is 4.72. The molecule has 1 heterocycles. The fraction of sp³-hybridized carbons (Fsp3) is 0.286. The van der Waals surface area contributed by atoms with E-state index < -0.39 is 0 Å². The molecule has 3 rings (SSSR count). The van der Waals surface area contributed by atoms with E-state index in [0.717, 1.165) is 12.2 Å². The van der Waals surface area contributed by atoms with Gasteiger partial charge in [0.15, 0.2) is 0 Å². The topological polar surface area (TPSA) is 25.2 Å². The van der Waals surface area contributed by atoms with Gasteiger partial charge >= 0.3 is 0 Å². The molecule has 0 saturated heterocycles. The third-order valence-electron chi connectivity index (χ3n) is 3.22.